The maximum Gasteiger partial charge on any atom is 0.262 e. The third-order valence-electron chi connectivity index (χ3n) is 4.44. The van der Waals surface area contributed by atoms with Gasteiger partial charge in [-0.3, -0.25) is 9.52 Å². The Morgan fingerprint density at radius 2 is 1.70 bits per heavy atom. The van der Waals surface area contributed by atoms with Crippen LogP contribution in [0, 0.1) is 20.8 Å². The molecule has 0 fully saturated rings. The lowest BCUT2D eigenvalue weighted by Gasteiger charge is -2.12. The minimum atomic E-state index is -3.81. The van der Waals surface area contributed by atoms with E-state index in [0.29, 0.717) is 28.1 Å². The first-order valence-electron chi connectivity index (χ1n) is 8.37. The number of carbonyl (C=O) groups excluding carboxylic acids is 1. The molecule has 0 saturated carbocycles. The van der Waals surface area contributed by atoms with Crippen LogP contribution in [0.2, 0.25) is 0 Å². The van der Waals surface area contributed by atoms with Crippen molar-refractivity contribution < 1.29 is 17.7 Å². The van der Waals surface area contributed by atoms with E-state index in [4.69, 9.17) is 4.52 Å². The summed E-state index contributed by atoms with van der Waals surface area (Å²) >= 11 is 0. The van der Waals surface area contributed by atoms with Crippen molar-refractivity contribution in [3.63, 3.8) is 0 Å². The summed E-state index contributed by atoms with van der Waals surface area (Å²) in [6.45, 7) is 6.90. The third kappa shape index (κ3) is 3.78. The van der Waals surface area contributed by atoms with E-state index >= 15 is 0 Å². The van der Waals surface area contributed by atoms with Gasteiger partial charge < -0.3 is 4.52 Å². The van der Waals surface area contributed by atoms with Crippen LogP contribution < -0.4 is 4.72 Å². The van der Waals surface area contributed by atoms with Gasteiger partial charge in [0.2, 0.25) is 0 Å². The van der Waals surface area contributed by atoms with Crippen molar-refractivity contribution in [1.29, 1.82) is 0 Å². The van der Waals surface area contributed by atoms with Crippen LogP contribution in [-0.2, 0) is 10.0 Å². The monoisotopic (exact) mass is 384 g/mol. The van der Waals surface area contributed by atoms with Crippen LogP contribution in [0.1, 0.15) is 34.1 Å². The van der Waals surface area contributed by atoms with Crippen LogP contribution in [0.25, 0.3) is 11.3 Å². The second kappa shape index (κ2) is 7.00. The predicted molar refractivity (Wildman–Crippen MR) is 103 cm³/mol. The number of hydrogen-bond donors (Lipinski definition) is 1. The molecule has 1 heterocycles. The molecule has 0 unspecified atom stereocenters. The van der Waals surface area contributed by atoms with Crippen LogP contribution >= 0.6 is 0 Å². The fraction of sp³-hybridized carbons (Fsp3) is 0.200. The smallest absolute Gasteiger partial charge is 0.262 e. The number of nitrogens with zero attached hydrogens (tertiary/aromatic N) is 1. The molecule has 0 aliphatic heterocycles. The first-order valence-corrected chi connectivity index (χ1v) is 9.85. The van der Waals surface area contributed by atoms with Gasteiger partial charge in [-0.2, -0.15) is 0 Å². The van der Waals surface area contributed by atoms with Gasteiger partial charge >= 0.3 is 0 Å². The summed E-state index contributed by atoms with van der Waals surface area (Å²) in [6.07, 6.45) is 0. The van der Waals surface area contributed by atoms with Crippen LogP contribution in [0.5, 0.6) is 0 Å². The molecule has 0 saturated heterocycles. The van der Waals surface area contributed by atoms with Gasteiger partial charge in [0.05, 0.1) is 10.6 Å². The highest BCUT2D eigenvalue weighted by atomic mass is 32.2. The Hall–Kier alpha value is -2.93. The Labute approximate surface area is 158 Å². The van der Waals surface area contributed by atoms with Crippen molar-refractivity contribution in [2.75, 3.05) is 4.72 Å². The first kappa shape index (κ1) is 18.8. The second-order valence-electron chi connectivity index (χ2n) is 6.44. The summed E-state index contributed by atoms with van der Waals surface area (Å²) in [5.74, 6) is 0.473. The van der Waals surface area contributed by atoms with Crippen molar-refractivity contribution in [2.24, 2.45) is 0 Å². The lowest BCUT2D eigenvalue weighted by atomic mass is 10.1. The van der Waals surface area contributed by atoms with Gasteiger partial charge in [-0.05, 0) is 63.6 Å². The third-order valence-corrected chi connectivity index (χ3v) is 5.96. The first-order chi connectivity index (χ1) is 12.7. The summed E-state index contributed by atoms with van der Waals surface area (Å²) in [5, 5.41) is 3.93. The molecule has 1 N–H and O–H groups in total. The van der Waals surface area contributed by atoms with Crippen molar-refractivity contribution >= 4 is 21.5 Å². The highest BCUT2D eigenvalue weighted by Gasteiger charge is 2.20. The molecule has 7 heteroatoms. The van der Waals surface area contributed by atoms with Gasteiger partial charge in [-0.15, -0.1) is 0 Å². The number of benzene rings is 2. The topological polar surface area (TPSA) is 89.3 Å². The molecular formula is C20H20N2O4S. The molecule has 0 atom stereocenters. The zero-order valence-corrected chi connectivity index (χ0v) is 16.3. The molecule has 27 heavy (non-hydrogen) atoms. The maximum absolute atomic E-state index is 12.9. The highest BCUT2D eigenvalue weighted by molar-refractivity contribution is 7.92. The fourth-order valence-corrected chi connectivity index (χ4v) is 4.03. The van der Waals surface area contributed by atoms with E-state index in [-0.39, 0.29) is 10.7 Å². The SMILES string of the molecule is CC(=O)c1ccc(NS(=O)(=O)c2cc(-c3onc(C)c3C)ccc2C)cc1. The van der Waals surface area contributed by atoms with Gasteiger partial charge in [-0.25, -0.2) is 8.42 Å². The number of sulfonamides is 1. The Bertz CT molecular complexity index is 1110. The minimum absolute atomic E-state index is 0.0781. The zero-order chi connectivity index (χ0) is 19.8. The number of aromatic nitrogens is 1. The zero-order valence-electron chi connectivity index (χ0n) is 15.5. The second-order valence-corrected chi connectivity index (χ2v) is 8.09. The van der Waals surface area contributed by atoms with Crippen LogP contribution in [-0.4, -0.2) is 19.4 Å². The Balaban J connectivity index is 1.97. The van der Waals surface area contributed by atoms with Crippen molar-refractivity contribution in [2.45, 2.75) is 32.6 Å². The Morgan fingerprint density at radius 3 is 2.26 bits per heavy atom. The number of rotatable bonds is 5. The van der Waals surface area contributed by atoms with E-state index < -0.39 is 10.0 Å². The molecule has 0 radical (unpaired) electrons. The summed E-state index contributed by atoms with van der Waals surface area (Å²) in [4.78, 5) is 11.5. The fourth-order valence-electron chi connectivity index (χ4n) is 2.70. The summed E-state index contributed by atoms with van der Waals surface area (Å²) < 4.78 is 33.7. The Morgan fingerprint density at radius 1 is 1.04 bits per heavy atom. The van der Waals surface area contributed by atoms with E-state index in [1.54, 1.807) is 43.3 Å². The summed E-state index contributed by atoms with van der Waals surface area (Å²) in [7, 11) is -3.81. The molecule has 0 aliphatic carbocycles. The molecule has 140 valence electrons. The van der Waals surface area contributed by atoms with E-state index in [9.17, 15) is 13.2 Å². The van der Waals surface area contributed by atoms with Gasteiger partial charge in [0, 0.05) is 22.4 Å². The number of aryl methyl sites for hydroxylation is 2. The number of nitrogens with one attached hydrogen (secondary N) is 1. The molecule has 6 nitrogen and oxygen atoms in total. The predicted octanol–water partition coefficient (Wildman–Crippen LogP) is 4.27. The molecule has 3 rings (SSSR count). The van der Waals surface area contributed by atoms with Crippen molar-refractivity contribution in [3.8, 4) is 11.3 Å². The lowest BCUT2D eigenvalue weighted by Crippen LogP contribution is -2.14. The maximum atomic E-state index is 12.9. The molecule has 0 spiro atoms. The molecule has 3 aromatic rings. The van der Waals surface area contributed by atoms with Crippen LogP contribution in [0.15, 0.2) is 51.9 Å². The van der Waals surface area contributed by atoms with E-state index in [1.807, 2.05) is 19.9 Å². The Kier molecular flexibility index (Phi) is 4.89. The lowest BCUT2D eigenvalue weighted by molar-refractivity contribution is 0.101. The van der Waals surface area contributed by atoms with Crippen molar-refractivity contribution in [1.82, 2.24) is 5.16 Å². The van der Waals surface area contributed by atoms with Gasteiger partial charge in [0.15, 0.2) is 11.5 Å². The quantitative estimate of drug-likeness (QED) is 0.664. The van der Waals surface area contributed by atoms with Crippen LogP contribution in [0.4, 0.5) is 5.69 Å². The number of hydrogen-bond acceptors (Lipinski definition) is 5. The normalized spacial score (nSPS) is 11.4. The molecule has 1 aromatic heterocycles. The standard InChI is InChI=1S/C20H20N2O4S/c1-12-5-6-17(20-13(2)14(3)21-26-20)11-19(12)27(24,25)22-18-9-7-16(8-10-18)15(4)23/h5-11,22H,1-4H3. The largest absolute Gasteiger partial charge is 0.356 e. The number of carbonyl (C=O) groups is 1. The van der Waals surface area contributed by atoms with Gasteiger partial charge in [0.25, 0.3) is 10.0 Å². The average Bonchev–Trinajstić information content (AvgIpc) is 2.94. The average molecular weight is 384 g/mol. The summed E-state index contributed by atoms with van der Waals surface area (Å²) in [6, 6.07) is 11.4. The van der Waals surface area contributed by atoms with E-state index in [1.165, 1.54) is 6.92 Å². The van der Waals surface area contributed by atoms with E-state index in [2.05, 4.69) is 9.88 Å². The molecule has 0 amide bonds. The molecule has 0 bridgehead atoms. The van der Waals surface area contributed by atoms with Gasteiger partial charge in [0.1, 0.15) is 0 Å². The van der Waals surface area contributed by atoms with Gasteiger partial charge in [-0.1, -0.05) is 17.3 Å². The minimum Gasteiger partial charge on any atom is -0.356 e. The highest BCUT2D eigenvalue weighted by Crippen LogP contribution is 2.29. The number of anilines is 1. The van der Waals surface area contributed by atoms with Crippen molar-refractivity contribution in [3.05, 3.63) is 64.8 Å². The number of Topliss-reactive ketones (excluding diaryl/α,β-unsaturated/α-hetero) is 1. The molecule has 0 aliphatic rings. The van der Waals surface area contributed by atoms with Crippen LogP contribution in [0.3, 0.4) is 0 Å². The number of ketones is 1. The molecule has 2 aromatic carbocycles. The molecular weight excluding hydrogens is 364 g/mol. The summed E-state index contributed by atoms with van der Waals surface area (Å²) in [5.41, 5.74) is 3.80. The van der Waals surface area contributed by atoms with E-state index in [0.717, 1.165) is 11.3 Å².